The molecule has 0 spiro atoms. The third kappa shape index (κ3) is 10.7. The number of hydrogen-bond donors (Lipinski definition) is 20. The highest BCUT2D eigenvalue weighted by molar-refractivity contribution is 5.01. The molecule has 0 bridgehead atoms. The van der Waals surface area contributed by atoms with Crippen LogP contribution in [0, 0.1) is 0 Å². The minimum Gasteiger partial charge on any atom is -0.394 e. The van der Waals surface area contributed by atoms with Crippen LogP contribution in [0.5, 0.6) is 0 Å². The largest absolute Gasteiger partial charge is 0.394 e. The van der Waals surface area contributed by atoms with Gasteiger partial charge in [-0.05, 0) is 0 Å². The minimum absolute atomic E-state index is 0.774. The molecule has 5 aliphatic heterocycles. The van der Waals surface area contributed by atoms with E-state index < -0.39 is 205 Å². The molecule has 0 radical (unpaired) electrons. The Balaban J connectivity index is 1.40. The maximum atomic E-state index is 11.5. The first-order valence-electron chi connectivity index (χ1n) is 19.5. The second-order valence-corrected chi connectivity index (χ2v) is 15.6. The summed E-state index contributed by atoms with van der Waals surface area (Å²) in [5.74, 6) is 0. The van der Waals surface area contributed by atoms with Crippen LogP contribution in [0.3, 0.4) is 0 Å². The summed E-state index contributed by atoms with van der Waals surface area (Å²) in [7, 11) is 0. The summed E-state index contributed by atoms with van der Waals surface area (Å²) in [6.07, 6.45) is -54.2. The third-order valence-electron chi connectivity index (χ3n) is 11.4. The van der Waals surface area contributed by atoms with E-state index in [1.807, 2.05) is 0 Å². The van der Waals surface area contributed by atoms with Crippen molar-refractivity contribution in [2.24, 2.45) is 5.73 Å². The monoisotopic (exact) mass is 917 g/mol. The number of aliphatic hydroxyl groups is 19. The van der Waals surface area contributed by atoms with Gasteiger partial charge in [0.2, 0.25) is 0 Å². The first kappa shape index (κ1) is 51.8. The van der Waals surface area contributed by atoms with Gasteiger partial charge in [0.15, 0.2) is 31.5 Å². The van der Waals surface area contributed by atoms with Crippen molar-refractivity contribution in [1.29, 1.82) is 0 Å². The molecule has 5 aliphatic rings. The van der Waals surface area contributed by atoms with E-state index >= 15 is 0 Å². The summed E-state index contributed by atoms with van der Waals surface area (Å²) < 4.78 is 49.6. The molecule has 0 aliphatic carbocycles. The Morgan fingerprint density at radius 3 is 1.42 bits per heavy atom. The third-order valence-corrected chi connectivity index (χ3v) is 11.4. The lowest BCUT2D eigenvalue weighted by Gasteiger charge is -2.50. The van der Waals surface area contributed by atoms with Gasteiger partial charge in [0, 0.05) is 0 Å². The van der Waals surface area contributed by atoms with E-state index in [9.17, 15) is 97.0 Å². The molecule has 0 aromatic rings. The molecule has 5 fully saturated rings. The molecule has 0 aromatic carbocycles. The molecule has 364 valence electrons. The Kier molecular flexibility index (Phi) is 18.5. The quantitative estimate of drug-likeness (QED) is 0.0683. The lowest BCUT2D eigenvalue weighted by atomic mass is 9.92. The molecule has 29 nitrogen and oxygen atoms in total. The van der Waals surface area contributed by atoms with Crippen LogP contribution in [-0.4, -0.2) is 302 Å². The Morgan fingerprint density at radius 1 is 0.403 bits per heavy atom. The molecule has 28 atom stereocenters. The van der Waals surface area contributed by atoms with Crippen LogP contribution >= 0.6 is 0 Å². The van der Waals surface area contributed by atoms with Crippen molar-refractivity contribution in [3.8, 4) is 0 Å². The Morgan fingerprint density at radius 2 is 0.855 bits per heavy atom. The van der Waals surface area contributed by atoms with E-state index in [1.165, 1.54) is 0 Å². The van der Waals surface area contributed by atoms with Gasteiger partial charge >= 0.3 is 0 Å². The van der Waals surface area contributed by atoms with Gasteiger partial charge in [-0.15, -0.1) is 0 Å². The zero-order valence-electron chi connectivity index (χ0n) is 32.4. The molecule has 5 rings (SSSR count). The molecule has 29 heteroatoms. The van der Waals surface area contributed by atoms with E-state index in [2.05, 4.69) is 0 Å². The second kappa shape index (κ2) is 22.1. The average molecular weight is 918 g/mol. The van der Waals surface area contributed by atoms with E-state index in [0.717, 1.165) is 0 Å². The van der Waals surface area contributed by atoms with Gasteiger partial charge in [-0.2, -0.15) is 0 Å². The van der Waals surface area contributed by atoms with Crippen molar-refractivity contribution in [2.75, 3.05) is 33.0 Å². The molecule has 0 amide bonds. The van der Waals surface area contributed by atoms with Gasteiger partial charge in [0.05, 0.1) is 39.1 Å². The highest BCUT2D eigenvalue weighted by Gasteiger charge is 2.58. The Bertz CT molecular complexity index is 1360. The normalized spacial score (nSPS) is 50.8. The van der Waals surface area contributed by atoms with E-state index in [0.29, 0.717) is 0 Å². The molecule has 5 saturated heterocycles. The summed E-state index contributed by atoms with van der Waals surface area (Å²) in [6, 6.07) is -1.42. The highest BCUT2D eigenvalue weighted by atomic mass is 16.8. The highest BCUT2D eigenvalue weighted by Crippen LogP contribution is 2.36. The van der Waals surface area contributed by atoms with E-state index in [4.69, 9.17) is 48.4 Å². The summed E-state index contributed by atoms with van der Waals surface area (Å²) in [5, 5.41) is 199. The number of ether oxygens (including phenoxy) is 9. The SMILES string of the molecule is N[C@H]1[C@H](OC[C@H](O)[C@H]2O[C@H](O[C@H]3[C@H](O[C@H]4O[C@H]([C@@H](O)CO)[C@@H](O)[C@H](O[C@H]5O[C@H](CO)[C@@H](O)[C@H](O)[C@H]5O)[C@@H]4O)[C@H](O)C(O)O[C@@H]3[C@@H](O)CO)[C@@H](O)[C@@H](O)[C@@H]2O)O[C@H](CO)[C@@H](O)[C@@H]1O. The van der Waals surface area contributed by atoms with Gasteiger partial charge in [0.1, 0.15) is 134 Å². The fourth-order valence-electron chi connectivity index (χ4n) is 7.63. The van der Waals surface area contributed by atoms with Crippen molar-refractivity contribution in [1.82, 2.24) is 0 Å². The first-order valence-corrected chi connectivity index (χ1v) is 19.5. The molecule has 5 heterocycles. The first-order chi connectivity index (χ1) is 29.2. The number of nitrogens with two attached hydrogens (primary N) is 1. The number of rotatable bonds is 16. The maximum Gasteiger partial charge on any atom is 0.187 e. The van der Waals surface area contributed by atoms with Crippen LogP contribution in [0.4, 0.5) is 0 Å². The standard InChI is InChI=1S/C33H59NO28/c34-11-14(44)12(42)9(3-37)55-30(11)54-5-8(41)24-17(47)16(46)19(49)32(59-24)62-28-25(7(40)2-36)57-29(53)21(51)27(28)61-33-22(52)26(20(50)23(58-33)6(39)1-35)60-31-18(48)15(45)13(43)10(4-38)56-31/h6-33,35-53H,1-5,34H2/t6-,7-,8-,9+,10+,11+,12+,13+,14+,15-,16-,17-,18+,19-,20+,21-,22-,23+,24+,25+,26-,27+,28+,29?,30+,31+,32+,33+/m0/s1. The van der Waals surface area contributed by atoms with Crippen LogP contribution in [0.15, 0.2) is 0 Å². The Labute approximate surface area is 350 Å². The zero-order valence-corrected chi connectivity index (χ0v) is 32.4. The summed E-state index contributed by atoms with van der Waals surface area (Å²) in [6.45, 7) is -4.80. The molecule has 62 heavy (non-hydrogen) atoms. The van der Waals surface area contributed by atoms with Crippen molar-refractivity contribution >= 4 is 0 Å². The molecule has 1 unspecified atom stereocenters. The molecule has 0 saturated carbocycles. The van der Waals surface area contributed by atoms with Crippen molar-refractivity contribution in [3.05, 3.63) is 0 Å². The van der Waals surface area contributed by atoms with Crippen molar-refractivity contribution in [3.63, 3.8) is 0 Å². The van der Waals surface area contributed by atoms with Gasteiger partial charge in [-0.25, -0.2) is 0 Å². The maximum absolute atomic E-state index is 11.5. The summed E-state index contributed by atoms with van der Waals surface area (Å²) in [4.78, 5) is 0. The minimum atomic E-state index is -2.31. The second-order valence-electron chi connectivity index (χ2n) is 15.6. The van der Waals surface area contributed by atoms with Gasteiger partial charge in [-0.1, -0.05) is 0 Å². The smallest absolute Gasteiger partial charge is 0.187 e. The average Bonchev–Trinajstić information content (AvgIpc) is 3.26. The summed E-state index contributed by atoms with van der Waals surface area (Å²) in [5.41, 5.74) is 5.85. The van der Waals surface area contributed by atoms with Gasteiger partial charge < -0.3 is 145 Å². The van der Waals surface area contributed by atoms with Crippen molar-refractivity contribution < 1.29 is 140 Å². The summed E-state index contributed by atoms with van der Waals surface area (Å²) >= 11 is 0. The van der Waals surface area contributed by atoms with Crippen molar-refractivity contribution in [2.45, 2.75) is 172 Å². The van der Waals surface area contributed by atoms with Crippen LogP contribution in [0.25, 0.3) is 0 Å². The topological polar surface area (TPSA) is 493 Å². The van der Waals surface area contributed by atoms with E-state index in [-0.39, 0.29) is 0 Å². The fourth-order valence-corrected chi connectivity index (χ4v) is 7.63. The van der Waals surface area contributed by atoms with Crippen LogP contribution < -0.4 is 5.73 Å². The van der Waals surface area contributed by atoms with Crippen LogP contribution in [0.1, 0.15) is 0 Å². The van der Waals surface area contributed by atoms with Crippen LogP contribution in [0.2, 0.25) is 0 Å². The molecular formula is C33H59NO28. The number of aliphatic hydroxyl groups excluding tert-OH is 19. The zero-order chi connectivity index (χ0) is 46.1. The van der Waals surface area contributed by atoms with Crippen LogP contribution in [-0.2, 0) is 42.6 Å². The fraction of sp³-hybridized carbons (Fsp3) is 1.00. The lowest BCUT2D eigenvalue weighted by Crippen LogP contribution is -2.69. The molecule has 0 aromatic heterocycles. The van der Waals surface area contributed by atoms with E-state index in [1.54, 1.807) is 0 Å². The molecular weight excluding hydrogens is 858 g/mol. The predicted octanol–water partition coefficient (Wildman–Crippen LogP) is -13.9. The molecule has 21 N–H and O–H groups in total. The lowest BCUT2D eigenvalue weighted by molar-refractivity contribution is -0.400. The predicted molar refractivity (Wildman–Crippen MR) is 187 cm³/mol. The van der Waals surface area contributed by atoms with Gasteiger partial charge in [-0.3, -0.25) is 0 Å². The number of hydrogen-bond acceptors (Lipinski definition) is 29. The Hall–Kier alpha value is -1.16. The van der Waals surface area contributed by atoms with Gasteiger partial charge in [0.25, 0.3) is 0 Å².